The first-order valence-corrected chi connectivity index (χ1v) is 7.90. The van der Waals surface area contributed by atoms with Crippen molar-refractivity contribution in [1.82, 2.24) is 5.32 Å². The van der Waals surface area contributed by atoms with Crippen LogP contribution in [0.5, 0.6) is 0 Å². The van der Waals surface area contributed by atoms with Crippen LogP contribution in [0.2, 0.25) is 0 Å². The molecular formula is C18H29NO2. The lowest BCUT2D eigenvalue weighted by atomic mass is 9.72. The highest BCUT2D eigenvalue weighted by atomic mass is 16.2. The fraction of sp³-hybridized carbons (Fsp3) is 0.611. The first kappa shape index (κ1) is 17.7. The second kappa shape index (κ2) is 8.18. The zero-order valence-corrected chi connectivity index (χ0v) is 13.8. The molecule has 0 aromatic rings. The molecule has 0 saturated carbocycles. The molecule has 1 aliphatic carbocycles. The van der Waals surface area contributed by atoms with Gasteiger partial charge >= 0.3 is 0 Å². The molecule has 21 heavy (non-hydrogen) atoms. The third-order valence-electron chi connectivity index (χ3n) is 4.08. The zero-order valence-electron chi connectivity index (χ0n) is 13.8. The maximum atomic E-state index is 12.0. The van der Waals surface area contributed by atoms with Gasteiger partial charge in [-0.1, -0.05) is 32.4 Å². The van der Waals surface area contributed by atoms with E-state index in [1.165, 1.54) is 24.0 Å². The smallest absolute Gasteiger partial charge is 0.251 e. The summed E-state index contributed by atoms with van der Waals surface area (Å²) in [6.45, 7) is 9.23. The Labute approximate surface area is 128 Å². The second-order valence-corrected chi connectivity index (χ2v) is 6.36. The van der Waals surface area contributed by atoms with Crippen molar-refractivity contribution < 1.29 is 9.90 Å². The SMILES string of the molecule is CCCNC(=O)C(/C=C/C1=C(C)CCCC1(C)C)=C/CO. The van der Waals surface area contributed by atoms with E-state index >= 15 is 0 Å². The molecular weight excluding hydrogens is 262 g/mol. The average molecular weight is 291 g/mol. The van der Waals surface area contributed by atoms with Gasteiger partial charge in [-0.05, 0) is 55.7 Å². The molecule has 1 amide bonds. The van der Waals surface area contributed by atoms with Crippen molar-refractivity contribution in [3.8, 4) is 0 Å². The molecule has 0 fully saturated rings. The molecule has 0 heterocycles. The highest BCUT2D eigenvalue weighted by Crippen LogP contribution is 2.40. The minimum Gasteiger partial charge on any atom is -0.392 e. The Morgan fingerprint density at radius 2 is 2.14 bits per heavy atom. The van der Waals surface area contributed by atoms with Crippen LogP contribution in [0, 0.1) is 5.41 Å². The van der Waals surface area contributed by atoms with E-state index in [0.29, 0.717) is 12.1 Å². The maximum Gasteiger partial charge on any atom is 0.251 e. The molecule has 0 atom stereocenters. The van der Waals surface area contributed by atoms with Gasteiger partial charge in [0, 0.05) is 12.1 Å². The number of carbonyl (C=O) groups excluding carboxylic acids is 1. The van der Waals surface area contributed by atoms with Crippen LogP contribution < -0.4 is 5.32 Å². The second-order valence-electron chi connectivity index (χ2n) is 6.36. The molecule has 0 aromatic carbocycles. The molecule has 0 unspecified atom stereocenters. The zero-order chi connectivity index (χ0) is 15.9. The predicted molar refractivity (Wildman–Crippen MR) is 87.9 cm³/mol. The number of allylic oxidation sites excluding steroid dienone is 3. The fourth-order valence-electron chi connectivity index (χ4n) is 2.86. The molecule has 2 N–H and O–H groups in total. The van der Waals surface area contributed by atoms with Crippen molar-refractivity contribution in [3.63, 3.8) is 0 Å². The summed E-state index contributed by atoms with van der Waals surface area (Å²) in [6, 6.07) is 0. The molecule has 0 saturated heterocycles. The molecule has 3 nitrogen and oxygen atoms in total. The Hall–Kier alpha value is -1.35. The van der Waals surface area contributed by atoms with E-state index in [2.05, 4.69) is 32.2 Å². The Balaban J connectivity index is 2.93. The third-order valence-corrected chi connectivity index (χ3v) is 4.08. The lowest BCUT2D eigenvalue weighted by Crippen LogP contribution is -2.25. The van der Waals surface area contributed by atoms with Crippen molar-refractivity contribution in [2.45, 2.75) is 53.4 Å². The van der Waals surface area contributed by atoms with Gasteiger partial charge in [-0.15, -0.1) is 0 Å². The van der Waals surface area contributed by atoms with Crippen molar-refractivity contribution in [3.05, 3.63) is 34.9 Å². The van der Waals surface area contributed by atoms with Gasteiger partial charge in [0.15, 0.2) is 0 Å². The fourth-order valence-corrected chi connectivity index (χ4v) is 2.86. The van der Waals surface area contributed by atoms with Crippen LogP contribution in [0.1, 0.15) is 53.4 Å². The lowest BCUT2D eigenvalue weighted by molar-refractivity contribution is -0.117. The minimum absolute atomic E-state index is 0.117. The largest absolute Gasteiger partial charge is 0.392 e. The molecule has 1 rings (SSSR count). The number of hydrogen-bond acceptors (Lipinski definition) is 2. The van der Waals surface area contributed by atoms with Crippen LogP contribution in [-0.2, 0) is 4.79 Å². The number of amides is 1. The molecule has 0 spiro atoms. The number of hydrogen-bond donors (Lipinski definition) is 2. The molecule has 0 aliphatic heterocycles. The standard InChI is InChI=1S/C18H29NO2/c1-5-12-19-17(21)15(10-13-20)8-9-16-14(2)7-6-11-18(16,3)4/h8-10,20H,5-7,11-13H2,1-4H3,(H,19,21)/b9-8+,15-10+. The van der Waals surface area contributed by atoms with Gasteiger partial charge in [0.2, 0.25) is 0 Å². The van der Waals surface area contributed by atoms with E-state index in [1.54, 1.807) is 6.08 Å². The number of carbonyl (C=O) groups is 1. The molecule has 0 aromatic heterocycles. The Bertz CT molecular complexity index is 456. The summed E-state index contributed by atoms with van der Waals surface area (Å²) >= 11 is 0. The van der Waals surface area contributed by atoms with E-state index in [9.17, 15) is 4.79 Å². The van der Waals surface area contributed by atoms with Gasteiger partial charge in [-0.3, -0.25) is 4.79 Å². The Kier molecular flexibility index (Phi) is 6.90. The van der Waals surface area contributed by atoms with Crippen molar-refractivity contribution in [2.75, 3.05) is 13.2 Å². The third kappa shape index (κ3) is 5.16. The number of rotatable bonds is 6. The number of aliphatic hydroxyl groups excluding tert-OH is 1. The van der Waals surface area contributed by atoms with E-state index in [1.807, 2.05) is 13.0 Å². The van der Waals surface area contributed by atoms with E-state index in [-0.39, 0.29) is 17.9 Å². The Morgan fingerprint density at radius 1 is 1.43 bits per heavy atom. The van der Waals surface area contributed by atoms with Gasteiger partial charge in [-0.25, -0.2) is 0 Å². The van der Waals surface area contributed by atoms with Crippen LogP contribution >= 0.6 is 0 Å². The van der Waals surface area contributed by atoms with Gasteiger partial charge in [0.1, 0.15) is 0 Å². The van der Waals surface area contributed by atoms with E-state index in [0.717, 1.165) is 12.8 Å². The topological polar surface area (TPSA) is 49.3 Å². The first-order chi connectivity index (χ1) is 9.92. The predicted octanol–water partition coefficient (Wildman–Crippen LogP) is 3.51. The van der Waals surface area contributed by atoms with E-state index in [4.69, 9.17) is 5.11 Å². The number of nitrogens with one attached hydrogen (secondary N) is 1. The van der Waals surface area contributed by atoms with Crippen molar-refractivity contribution in [2.24, 2.45) is 5.41 Å². The minimum atomic E-state index is -0.124. The summed E-state index contributed by atoms with van der Waals surface area (Å²) in [5.74, 6) is -0.117. The monoisotopic (exact) mass is 291 g/mol. The quantitative estimate of drug-likeness (QED) is 0.581. The summed E-state index contributed by atoms with van der Waals surface area (Å²) in [5, 5.41) is 12.0. The normalized spacial score (nSPS) is 19.2. The molecule has 118 valence electrons. The van der Waals surface area contributed by atoms with Gasteiger partial charge in [-0.2, -0.15) is 0 Å². The highest BCUT2D eigenvalue weighted by Gasteiger charge is 2.26. The van der Waals surface area contributed by atoms with Gasteiger partial charge in [0.05, 0.1) is 6.61 Å². The first-order valence-electron chi connectivity index (χ1n) is 7.90. The van der Waals surface area contributed by atoms with E-state index < -0.39 is 0 Å². The van der Waals surface area contributed by atoms with Crippen LogP contribution in [0.15, 0.2) is 34.9 Å². The molecule has 0 radical (unpaired) electrons. The molecule has 3 heteroatoms. The summed E-state index contributed by atoms with van der Waals surface area (Å²) < 4.78 is 0. The average Bonchev–Trinajstić information content (AvgIpc) is 2.42. The van der Waals surface area contributed by atoms with Crippen molar-refractivity contribution >= 4 is 5.91 Å². The Morgan fingerprint density at radius 3 is 2.71 bits per heavy atom. The summed E-state index contributed by atoms with van der Waals surface area (Å²) in [4.78, 5) is 12.0. The molecule has 0 bridgehead atoms. The van der Waals surface area contributed by atoms with Gasteiger partial charge in [0.25, 0.3) is 5.91 Å². The van der Waals surface area contributed by atoms with Gasteiger partial charge < -0.3 is 10.4 Å². The van der Waals surface area contributed by atoms with Crippen LogP contribution in [0.4, 0.5) is 0 Å². The highest BCUT2D eigenvalue weighted by molar-refractivity contribution is 5.96. The summed E-state index contributed by atoms with van der Waals surface area (Å²) in [5.41, 5.74) is 3.41. The summed E-state index contributed by atoms with van der Waals surface area (Å²) in [7, 11) is 0. The van der Waals surface area contributed by atoms with Crippen LogP contribution in [0.25, 0.3) is 0 Å². The lowest BCUT2D eigenvalue weighted by Gasteiger charge is -2.33. The summed E-state index contributed by atoms with van der Waals surface area (Å²) in [6.07, 6.45) is 9.89. The number of aliphatic hydroxyl groups is 1. The van der Waals surface area contributed by atoms with Crippen LogP contribution in [0.3, 0.4) is 0 Å². The molecule has 1 aliphatic rings. The van der Waals surface area contributed by atoms with Crippen LogP contribution in [-0.4, -0.2) is 24.2 Å². The maximum absolute atomic E-state index is 12.0. The van der Waals surface area contributed by atoms with Crippen molar-refractivity contribution in [1.29, 1.82) is 0 Å².